The lowest BCUT2D eigenvalue weighted by molar-refractivity contribution is -0.147. The zero-order valence-electron chi connectivity index (χ0n) is 13.8. The molecule has 8 nitrogen and oxygen atoms in total. The van der Waals surface area contributed by atoms with Crippen molar-refractivity contribution in [2.75, 3.05) is 0 Å². The quantitative estimate of drug-likeness (QED) is 0.466. The van der Waals surface area contributed by atoms with E-state index in [-0.39, 0.29) is 12.8 Å². The third kappa shape index (κ3) is 18.0. The SMILES string of the molecule is CC(CC(=O)O)C(=O)O.CC(CC(=O)O)C(=O)O.Ic1ccccc1. The first-order chi connectivity index (χ1) is 11.5. The van der Waals surface area contributed by atoms with Crippen molar-refractivity contribution in [2.24, 2.45) is 11.8 Å². The second-order valence-electron chi connectivity index (χ2n) is 4.97. The minimum Gasteiger partial charge on any atom is -0.481 e. The Hall–Kier alpha value is -2.17. The molecule has 25 heavy (non-hydrogen) atoms. The summed E-state index contributed by atoms with van der Waals surface area (Å²) < 4.78 is 1.29. The Kier molecular flexibility index (Phi) is 14.2. The highest BCUT2D eigenvalue weighted by molar-refractivity contribution is 14.1. The highest BCUT2D eigenvalue weighted by Crippen LogP contribution is 2.01. The largest absolute Gasteiger partial charge is 0.481 e. The molecule has 4 N–H and O–H groups in total. The molecule has 0 aliphatic rings. The number of benzene rings is 1. The normalized spacial score (nSPS) is 11.5. The van der Waals surface area contributed by atoms with Gasteiger partial charge in [0.25, 0.3) is 0 Å². The van der Waals surface area contributed by atoms with Gasteiger partial charge in [-0.25, -0.2) is 0 Å². The van der Waals surface area contributed by atoms with Gasteiger partial charge >= 0.3 is 23.9 Å². The molecule has 140 valence electrons. The highest BCUT2D eigenvalue weighted by atomic mass is 127. The average Bonchev–Trinajstić information content (AvgIpc) is 2.47. The van der Waals surface area contributed by atoms with Crippen LogP contribution >= 0.6 is 22.6 Å². The second-order valence-corrected chi connectivity index (χ2v) is 6.22. The van der Waals surface area contributed by atoms with Crippen molar-refractivity contribution < 1.29 is 39.6 Å². The topological polar surface area (TPSA) is 149 Å². The molecule has 0 bridgehead atoms. The second kappa shape index (κ2) is 14.2. The van der Waals surface area contributed by atoms with Gasteiger partial charge in [0, 0.05) is 3.57 Å². The van der Waals surface area contributed by atoms with E-state index in [0.29, 0.717) is 0 Å². The van der Waals surface area contributed by atoms with Crippen LogP contribution in [0.1, 0.15) is 26.7 Å². The van der Waals surface area contributed by atoms with Gasteiger partial charge in [-0.2, -0.15) is 0 Å². The van der Waals surface area contributed by atoms with E-state index in [0.717, 1.165) is 0 Å². The summed E-state index contributed by atoms with van der Waals surface area (Å²) in [5, 5.41) is 32.5. The van der Waals surface area contributed by atoms with Gasteiger partial charge in [-0.1, -0.05) is 32.0 Å². The molecule has 0 radical (unpaired) electrons. The summed E-state index contributed by atoms with van der Waals surface area (Å²) in [6.07, 6.45) is -0.620. The van der Waals surface area contributed by atoms with Crippen LogP contribution in [0.5, 0.6) is 0 Å². The first kappa shape index (κ1) is 25.1. The minimum atomic E-state index is -1.08. The molecule has 0 aromatic heterocycles. The van der Waals surface area contributed by atoms with Crippen molar-refractivity contribution in [1.82, 2.24) is 0 Å². The van der Waals surface area contributed by atoms with Crippen LogP contribution in [0, 0.1) is 15.4 Å². The summed E-state index contributed by atoms with van der Waals surface area (Å²) in [6.45, 7) is 2.72. The van der Waals surface area contributed by atoms with Crippen molar-refractivity contribution in [3.63, 3.8) is 0 Å². The Morgan fingerprint density at radius 1 is 0.800 bits per heavy atom. The summed E-state index contributed by atoms with van der Waals surface area (Å²) >= 11 is 2.28. The Balaban J connectivity index is 0. The van der Waals surface area contributed by atoms with E-state index >= 15 is 0 Å². The van der Waals surface area contributed by atoms with Crippen LogP contribution in [0.15, 0.2) is 30.3 Å². The number of hydrogen-bond acceptors (Lipinski definition) is 4. The van der Waals surface area contributed by atoms with E-state index in [1.807, 2.05) is 18.2 Å². The molecule has 0 heterocycles. The monoisotopic (exact) mass is 468 g/mol. The molecule has 1 aromatic carbocycles. The zero-order valence-corrected chi connectivity index (χ0v) is 15.9. The lowest BCUT2D eigenvalue weighted by Gasteiger charge is -1.98. The maximum atomic E-state index is 9.97. The van der Waals surface area contributed by atoms with Gasteiger partial charge in [0.05, 0.1) is 24.7 Å². The van der Waals surface area contributed by atoms with Gasteiger partial charge in [-0.05, 0) is 34.7 Å². The minimum absolute atomic E-state index is 0.310. The lowest BCUT2D eigenvalue weighted by atomic mass is 10.1. The number of carboxylic acid groups (broad SMARTS) is 4. The molecule has 0 fully saturated rings. The summed E-state index contributed by atoms with van der Waals surface area (Å²) in [5.41, 5.74) is 0. The first-order valence-electron chi connectivity index (χ1n) is 7.07. The molecule has 2 atom stereocenters. The van der Waals surface area contributed by atoms with E-state index in [9.17, 15) is 19.2 Å². The molecular formula is C16H21IO8. The summed E-state index contributed by atoms with van der Waals surface area (Å²) in [5.74, 6) is -5.88. The van der Waals surface area contributed by atoms with Crippen LogP contribution in [0.4, 0.5) is 0 Å². The number of aliphatic carboxylic acids is 4. The van der Waals surface area contributed by atoms with Crippen LogP contribution < -0.4 is 0 Å². The van der Waals surface area contributed by atoms with Gasteiger partial charge in [-0.15, -0.1) is 0 Å². The smallest absolute Gasteiger partial charge is 0.306 e. The Morgan fingerprint density at radius 3 is 1.24 bits per heavy atom. The predicted molar refractivity (Wildman–Crippen MR) is 97.3 cm³/mol. The maximum absolute atomic E-state index is 9.97. The Morgan fingerprint density at radius 2 is 1.12 bits per heavy atom. The Labute approximate surface area is 158 Å². The standard InChI is InChI=1S/C6H5I.2C5H8O4/c7-6-4-2-1-3-5-6;2*1-3(5(8)9)2-4(6)7/h1-5H;2*3H,2H2,1H3,(H,6,7)(H,8,9). The van der Waals surface area contributed by atoms with Crippen LogP contribution in [0.2, 0.25) is 0 Å². The summed E-state index contributed by atoms with van der Waals surface area (Å²) in [4.78, 5) is 39.6. The fourth-order valence-electron chi connectivity index (χ4n) is 1.11. The molecule has 0 aliphatic heterocycles. The van der Waals surface area contributed by atoms with E-state index in [1.54, 1.807) is 0 Å². The fourth-order valence-corrected chi connectivity index (χ4v) is 1.53. The average molecular weight is 468 g/mol. The number of carboxylic acids is 4. The van der Waals surface area contributed by atoms with Gasteiger partial charge in [0.15, 0.2) is 0 Å². The van der Waals surface area contributed by atoms with Crippen molar-refractivity contribution in [3.8, 4) is 0 Å². The van der Waals surface area contributed by atoms with Crippen LogP contribution in [-0.4, -0.2) is 44.3 Å². The number of hydrogen-bond donors (Lipinski definition) is 4. The number of rotatable bonds is 6. The molecule has 0 amide bonds. The number of carbonyl (C=O) groups is 4. The maximum Gasteiger partial charge on any atom is 0.306 e. The lowest BCUT2D eigenvalue weighted by Crippen LogP contribution is -2.13. The fraction of sp³-hybridized carbons (Fsp3) is 0.375. The van der Waals surface area contributed by atoms with Gasteiger partial charge in [-0.3, -0.25) is 19.2 Å². The molecule has 1 aromatic rings. The third-order valence-corrected chi connectivity index (χ3v) is 3.26. The molecule has 2 unspecified atom stereocenters. The van der Waals surface area contributed by atoms with Crippen molar-refractivity contribution >= 4 is 46.5 Å². The van der Waals surface area contributed by atoms with Crippen molar-refractivity contribution in [3.05, 3.63) is 33.9 Å². The summed E-state index contributed by atoms with van der Waals surface area (Å²) in [6, 6.07) is 10.2. The molecule has 9 heteroatoms. The molecule has 1 rings (SSSR count). The Bertz CT molecular complexity index is 527. The molecule has 0 aliphatic carbocycles. The van der Waals surface area contributed by atoms with Crippen LogP contribution in [0.25, 0.3) is 0 Å². The van der Waals surface area contributed by atoms with E-state index in [4.69, 9.17) is 20.4 Å². The van der Waals surface area contributed by atoms with E-state index in [2.05, 4.69) is 34.7 Å². The van der Waals surface area contributed by atoms with Crippen LogP contribution in [0.3, 0.4) is 0 Å². The summed E-state index contributed by atoms with van der Waals surface area (Å²) in [7, 11) is 0. The molecule has 0 saturated heterocycles. The van der Waals surface area contributed by atoms with Gasteiger partial charge < -0.3 is 20.4 Å². The van der Waals surface area contributed by atoms with Crippen molar-refractivity contribution in [2.45, 2.75) is 26.7 Å². The third-order valence-electron chi connectivity index (χ3n) is 2.54. The predicted octanol–water partition coefficient (Wildman–Crippen LogP) is 2.65. The van der Waals surface area contributed by atoms with Crippen LogP contribution in [-0.2, 0) is 19.2 Å². The highest BCUT2D eigenvalue weighted by Gasteiger charge is 2.14. The first-order valence-corrected chi connectivity index (χ1v) is 8.14. The number of halogens is 1. The molecule has 0 saturated carbocycles. The van der Waals surface area contributed by atoms with Gasteiger partial charge in [0.1, 0.15) is 0 Å². The molecular weight excluding hydrogens is 447 g/mol. The zero-order chi connectivity index (χ0) is 20.0. The molecule has 0 spiro atoms. The van der Waals surface area contributed by atoms with Gasteiger partial charge in [0.2, 0.25) is 0 Å². The van der Waals surface area contributed by atoms with Crippen molar-refractivity contribution in [1.29, 1.82) is 0 Å². The van der Waals surface area contributed by atoms with E-state index in [1.165, 1.54) is 17.4 Å². The van der Waals surface area contributed by atoms with E-state index < -0.39 is 35.7 Å².